The number of aromatic nitrogens is 4. The zero-order valence-corrected chi connectivity index (χ0v) is 28.6. The highest BCUT2D eigenvalue weighted by molar-refractivity contribution is 7.53. The van der Waals surface area contributed by atoms with Gasteiger partial charge in [-0.25, -0.2) is 15.0 Å². The van der Waals surface area contributed by atoms with Crippen LogP contribution in [0.4, 0.5) is 5.82 Å². The van der Waals surface area contributed by atoms with Crippen molar-refractivity contribution < 1.29 is 28.2 Å². The Hall–Kier alpha value is -1.62. The number of anilines is 1. The van der Waals surface area contributed by atoms with Gasteiger partial charge in [0.05, 0.1) is 24.7 Å². The van der Waals surface area contributed by atoms with Crippen molar-refractivity contribution >= 4 is 24.6 Å². The zero-order chi connectivity index (χ0) is 32.0. The second kappa shape index (κ2) is 19.1. The number of hydrogen-bond donors (Lipinski definition) is 2. The number of imidazole rings is 1. The van der Waals surface area contributed by atoms with E-state index in [9.17, 15) is 9.46 Å². The largest absolute Gasteiger partial charge is 0.382 e. The summed E-state index contributed by atoms with van der Waals surface area (Å²) in [6, 6.07) is 0. The molecule has 0 spiro atoms. The van der Waals surface area contributed by atoms with Crippen LogP contribution >= 0.6 is 7.60 Å². The number of hydrogen-bond acceptors (Lipinski definition) is 9. The van der Waals surface area contributed by atoms with E-state index in [1.165, 1.54) is 77.0 Å². The van der Waals surface area contributed by atoms with Gasteiger partial charge in [-0.2, -0.15) is 0 Å². The van der Waals surface area contributed by atoms with Gasteiger partial charge in [-0.3, -0.25) is 13.7 Å². The molecule has 2 aromatic heterocycles. The van der Waals surface area contributed by atoms with Crippen LogP contribution in [-0.4, -0.2) is 67.7 Å². The Kier molecular flexibility index (Phi) is 16.0. The molecule has 1 fully saturated rings. The van der Waals surface area contributed by atoms with E-state index in [1.807, 2.05) is 13.8 Å². The first kappa shape index (κ1) is 36.8. The summed E-state index contributed by atoms with van der Waals surface area (Å²) in [5.41, 5.74) is 6.41. The number of nitrogens with zero attached hydrogens (tertiary/aromatic N) is 4. The molecule has 0 radical (unpaired) electrons. The molecule has 3 rings (SSSR count). The minimum Gasteiger partial charge on any atom is -0.382 e. The molecule has 5 atom stereocenters. The van der Waals surface area contributed by atoms with Gasteiger partial charge >= 0.3 is 7.60 Å². The number of nitrogens with two attached hydrogens (primary N) is 1. The Labute approximate surface area is 264 Å². The van der Waals surface area contributed by atoms with Crippen LogP contribution in [0, 0.1) is 0 Å². The predicted molar refractivity (Wildman–Crippen MR) is 175 cm³/mol. The first-order valence-electron chi connectivity index (χ1n) is 17.0. The predicted octanol–water partition coefficient (Wildman–Crippen LogP) is 7.58. The lowest BCUT2D eigenvalue weighted by Crippen LogP contribution is -2.39. The molecular weight excluding hydrogens is 581 g/mol. The Morgan fingerprint density at radius 3 is 2.07 bits per heavy atom. The Morgan fingerprint density at radius 2 is 1.50 bits per heavy atom. The smallest absolute Gasteiger partial charge is 0.331 e. The van der Waals surface area contributed by atoms with E-state index in [1.54, 1.807) is 24.7 Å². The van der Waals surface area contributed by atoms with Crippen LogP contribution < -0.4 is 5.73 Å². The molecule has 3 N–H and O–H groups in total. The van der Waals surface area contributed by atoms with E-state index in [0.29, 0.717) is 17.8 Å². The Balaban J connectivity index is 1.57. The molecule has 12 heteroatoms. The van der Waals surface area contributed by atoms with E-state index in [0.717, 1.165) is 19.3 Å². The van der Waals surface area contributed by atoms with Gasteiger partial charge < -0.3 is 24.8 Å². The zero-order valence-electron chi connectivity index (χ0n) is 27.7. The minimum absolute atomic E-state index is 0.0548. The molecule has 1 saturated heterocycles. The maximum Gasteiger partial charge on any atom is 0.331 e. The highest BCUT2D eigenvalue weighted by atomic mass is 31.2. The molecule has 1 unspecified atom stereocenters. The maximum atomic E-state index is 13.1. The van der Waals surface area contributed by atoms with Gasteiger partial charge in [-0.15, -0.1) is 0 Å². The van der Waals surface area contributed by atoms with E-state index >= 15 is 0 Å². The van der Waals surface area contributed by atoms with Crippen LogP contribution in [0.15, 0.2) is 12.7 Å². The van der Waals surface area contributed by atoms with E-state index in [4.69, 9.17) is 24.5 Å². The minimum atomic E-state index is -3.96. The molecule has 44 heavy (non-hydrogen) atoms. The fourth-order valence-electron chi connectivity index (χ4n) is 5.53. The Morgan fingerprint density at radius 1 is 0.909 bits per heavy atom. The lowest BCUT2D eigenvalue weighted by molar-refractivity contribution is -0.0815. The number of nitrogen functional groups attached to an aromatic ring is 1. The van der Waals surface area contributed by atoms with Gasteiger partial charge in [-0.1, -0.05) is 104 Å². The molecule has 1 aliphatic rings. The van der Waals surface area contributed by atoms with Crippen LogP contribution in [0.1, 0.15) is 131 Å². The maximum absolute atomic E-state index is 13.1. The van der Waals surface area contributed by atoms with Gasteiger partial charge in [0.15, 0.2) is 17.7 Å². The molecule has 1 aliphatic heterocycles. The van der Waals surface area contributed by atoms with Crippen molar-refractivity contribution in [3.8, 4) is 0 Å². The van der Waals surface area contributed by atoms with Crippen LogP contribution in [0.5, 0.6) is 0 Å². The third-order valence-electron chi connectivity index (χ3n) is 8.27. The van der Waals surface area contributed by atoms with Gasteiger partial charge in [-0.05, 0) is 20.3 Å². The number of rotatable bonds is 23. The summed E-state index contributed by atoms with van der Waals surface area (Å²) in [5, 5.41) is 0. The summed E-state index contributed by atoms with van der Waals surface area (Å²) in [7, 11) is -3.96. The lowest BCUT2D eigenvalue weighted by atomic mass is 10.0. The summed E-state index contributed by atoms with van der Waals surface area (Å²) in [4.78, 5) is 23.5. The molecule has 3 heterocycles. The number of ether oxygens (including phenoxy) is 3. The standard InChI is InChI=1S/C32H58N5O6P/c1-6-7-8-9-10-11-12-13-14-15-16-17-18-19-20-40-29-28(43-44(38,39)25(4)5)26(21-41-24(2)3)42-32(29)37-23-36-27-30(33)34-22-35-31(27)37/h22-26,28-29,32H,6-21H2,1-5H3,(H,38,39)(H2,33,34,35)/t26-,28+,29+,32-/m1/s1. The molecule has 0 aromatic carbocycles. The van der Waals surface area contributed by atoms with E-state index in [2.05, 4.69) is 21.9 Å². The highest BCUT2D eigenvalue weighted by Crippen LogP contribution is 2.52. The van der Waals surface area contributed by atoms with E-state index < -0.39 is 37.8 Å². The fourth-order valence-corrected chi connectivity index (χ4v) is 6.37. The van der Waals surface area contributed by atoms with Crippen molar-refractivity contribution in [3.05, 3.63) is 12.7 Å². The van der Waals surface area contributed by atoms with Crippen molar-refractivity contribution in [2.45, 2.75) is 161 Å². The van der Waals surface area contributed by atoms with Gasteiger partial charge in [0.2, 0.25) is 0 Å². The average Bonchev–Trinajstić information content (AvgIpc) is 3.55. The first-order valence-corrected chi connectivity index (χ1v) is 18.6. The molecule has 252 valence electrons. The summed E-state index contributed by atoms with van der Waals surface area (Å²) < 4.78 is 39.5. The second-order valence-corrected chi connectivity index (χ2v) is 15.1. The first-order chi connectivity index (χ1) is 21.2. The van der Waals surface area contributed by atoms with Gasteiger partial charge in [0, 0.05) is 6.61 Å². The fraction of sp³-hybridized carbons (Fsp3) is 0.844. The van der Waals surface area contributed by atoms with Crippen molar-refractivity contribution in [2.75, 3.05) is 18.9 Å². The van der Waals surface area contributed by atoms with Crippen molar-refractivity contribution in [2.24, 2.45) is 0 Å². The SMILES string of the molecule is CCCCCCCCCCCCCCCCO[C@H]1[C@@H](OP(=O)(O)C(C)C)[C@@H](COC(C)C)O[C@H]1n1cnc2c(N)ncnc21. The number of fused-ring (bicyclic) bond motifs is 1. The summed E-state index contributed by atoms with van der Waals surface area (Å²) in [6.45, 7) is 10.1. The van der Waals surface area contributed by atoms with E-state index in [-0.39, 0.29) is 18.5 Å². The van der Waals surface area contributed by atoms with Gasteiger partial charge in [0.1, 0.15) is 30.2 Å². The highest BCUT2D eigenvalue weighted by Gasteiger charge is 2.51. The molecule has 0 saturated carbocycles. The molecule has 0 bridgehead atoms. The van der Waals surface area contributed by atoms with Crippen LogP contribution in [0.3, 0.4) is 0 Å². The molecule has 0 amide bonds. The summed E-state index contributed by atoms with van der Waals surface area (Å²) >= 11 is 0. The van der Waals surface area contributed by atoms with Crippen LogP contribution in [0.2, 0.25) is 0 Å². The monoisotopic (exact) mass is 639 g/mol. The van der Waals surface area contributed by atoms with Crippen molar-refractivity contribution in [3.63, 3.8) is 0 Å². The quantitative estimate of drug-likeness (QED) is 0.0922. The van der Waals surface area contributed by atoms with Gasteiger partial charge in [0.25, 0.3) is 0 Å². The average molecular weight is 640 g/mol. The molecule has 2 aromatic rings. The van der Waals surface area contributed by atoms with Crippen molar-refractivity contribution in [1.82, 2.24) is 19.5 Å². The summed E-state index contributed by atoms with van der Waals surface area (Å²) in [6.07, 6.45) is 17.9. The topological polar surface area (TPSA) is 144 Å². The third-order valence-corrected chi connectivity index (χ3v) is 10.1. The molecule has 0 aliphatic carbocycles. The molecule has 11 nitrogen and oxygen atoms in total. The lowest BCUT2D eigenvalue weighted by Gasteiger charge is -2.28. The second-order valence-electron chi connectivity index (χ2n) is 12.7. The van der Waals surface area contributed by atoms with Crippen molar-refractivity contribution in [1.29, 1.82) is 0 Å². The van der Waals surface area contributed by atoms with Crippen LogP contribution in [0.25, 0.3) is 11.2 Å². The van der Waals surface area contributed by atoms with Crippen LogP contribution in [-0.2, 0) is 23.3 Å². The molecular formula is C32H58N5O6P. The summed E-state index contributed by atoms with van der Waals surface area (Å²) in [5.74, 6) is 0.263. The Bertz CT molecular complexity index is 1130. The number of unbranched alkanes of at least 4 members (excludes halogenated alkanes) is 13. The third kappa shape index (κ3) is 11.3. The normalized spacial score (nSPS) is 22.0.